The number of nitrogens with one attached hydrogen (secondary N) is 1. The molecule has 0 spiro atoms. The van der Waals surface area contributed by atoms with E-state index < -0.39 is 0 Å². The zero-order valence-electron chi connectivity index (χ0n) is 11.2. The third-order valence-corrected chi connectivity index (χ3v) is 4.43. The van der Waals surface area contributed by atoms with E-state index in [4.69, 9.17) is 11.6 Å². The van der Waals surface area contributed by atoms with E-state index in [9.17, 15) is 5.11 Å². The van der Waals surface area contributed by atoms with Crippen molar-refractivity contribution in [3.05, 3.63) is 53.1 Å². The number of anilines is 2. The molecule has 4 rings (SSSR count). The second-order valence-corrected chi connectivity index (χ2v) is 6.02. The van der Waals surface area contributed by atoms with Gasteiger partial charge >= 0.3 is 0 Å². The molecule has 2 heterocycles. The number of benzene rings is 2. The second kappa shape index (κ2) is 5.12. The third kappa shape index (κ3) is 2.15. The quantitative estimate of drug-likeness (QED) is 0.512. The highest BCUT2D eigenvalue weighted by Crippen LogP contribution is 2.34. The van der Waals surface area contributed by atoms with Crippen LogP contribution in [0.1, 0.15) is 0 Å². The van der Waals surface area contributed by atoms with Crippen molar-refractivity contribution in [1.82, 2.24) is 9.97 Å². The lowest BCUT2D eigenvalue weighted by atomic mass is 10.1. The molecule has 0 saturated carbocycles. The zero-order chi connectivity index (χ0) is 15.1. The normalized spacial score (nSPS) is 11.1. The number of aromatic nitrogens is 2. The molecule has 0 aliphatic carbocycles. The molecule has 0 radical (unpaired) electrons. The Bertz CT molecular complexity index is 999. The first-order valence-corrected chi connectivity index (χ1v) is 7.86. The summed E-state index contributed by atoms with van der Waals surface area (Å²) in [7, 11) is 0. The van der Waals surface area contributed by atoms with Gasteiger partial charge in [-0.2, -0.15) is 4.98 Å². The van der Waals surface area contributed by atoms with Gasteiger partial charge in [-0.3, -0.25) is 0 Å². The number of thiophene rings is 1. The van der Waals surface area contributed by atoms with Gasteiger partial charge in [0.05, 0.1) is 5.39 Å². The SMILES string of the molecule is Oc1cccc2c(Nc3nc(Cl)nc4sccc34)cccc12. The summed E-state index contributed by atoms with van der Waals surface area (Å²) in [4.78, 5) is 9.33. The van der Waals surface area contributed by atoms with Crippen LogP contribution in [0.15, 0.2) is 47.8 Å². The Morgan fingerprint density at radius 1 is 0.955 bits per heavy atom. The summed E-state index contributed by atoms with van der Waals surface area (Å²) < 4.78 is 0. The average Bonchev–Trinajstić information content (AvgIpc) is 2.96. The first-order valence-electron chi connectivity index (χ1n) is 6.61. The molecule has 2 N–H and O–H groups in total. The van der Waals surface area contributed by atoms with Crippen LogP contribution in [-0.2, 0) is 0 Å². The summed E-state index contributed by atoms with van der Waals surface area (Å²) in [5.41, 5.74) is 0.857. The molecular formula is C16H10ClN3OS. The highest BCUT2D eigenvalue weighted by Gasteiger charge is 2.10. The van der Waals surface area contributed by atoms with E-state index in [1.54, 1.807) is 6.07 Å². The Kier molecular flexibility index (Phi) is 3.10. The van der Waals surface area contributed by atoms with Crippen molar-refractivity contribution in [3.8, 4) is 5.75 Å². The predicted molar refractivity (Wildman–Crippen MR) is 91.3 cm³/mol. The molecule has 0 fully saturated rings. The zero-order valence-corrected chi connectivity index (χ0v) is 12.8. The minimum atomic E-state index is 0.209. The van der Waals surface area contributed by atoms with Gasteiger partial charge in [0.2, 0.25) is 5.28 Å². The fraction of sp³-hybridized carbons (Fsp3) is 0. The van der Waals surface area contributed by atoms with E-state index in [1.165, 1.54) is 11.3 Å². The smallest absolute Gasteiger partial charge is 0.225 e. The van der Waals surface area contributed by atoms with Crippen molar-refractivity contribution in [3.63, 3.8) is 0 Å². The van der Waals surface area contributed by atoms with E-state index in [1.807, 2.05) is 41.8 Å². The van der Waals surface area contributed by atoms with Crippen LogP contribution in [0.25, 0.3) is 21.0 Å². The first-order chi connectivity index (χ1) is 10.7. The standard InChI is InChI=1S/C16H10ClN3OS/c17-16-19-14(11-7-8-22-15(11)20-16)18-12-5-1-4-10-9(12)3-2-6-13(10)21/h1-8,21H,(H,18,19,20). The molecule has 108 valence electrons. The van der Waals surface area contributed by atoms with Crippen molar-refractivity contribution in [2.24, 2.45) is 0 Å². The van der Waals surface area contributed by atoms with Gasteiger partial charge < -0.3 is 10.4 Å². The number of hydrogen-bond acceptors (Lipinski definition) is 5. The topological polar surface area (TPSA) is 58.0 Å². The maximum Gasteiger partial charge on any atom is 0.225 e. The van der Waals surface area contributed by atoms with E-state index in [2.05, 4.69) is 15.3 Å². The van der Waals surface area contributed by atoms with E-state index in [0.29, 0.717) is 5.82 Å². The molecule has 22 heavy (non-hydrogen) atoms. The summed E-state index contributed by atoms with van der Waals surface area (Å²) >= 11 is 7.51. The van der Waals surface area contributed by atoms with E-state index >= 15 is 0 Å². The largest absolute Gasteiger partial charge is 0.507 e. The Balaban J connectivity index is 1.90. The number of nitrogens with zero attached hydrogens (tertiary/aromatic N) is 2. The molecule has 0 unspecified atom stereocenters. The van der Waals surface area contributed by atoms with Crippen LogP contribution >= 0.6 is 22.9 Å². The van der Waals surface area contributed by atoms with Crippen molar-refractivity contribution in [1.29, 1.82) is 0 Å². The van der Waals surface area contributed by atoms with Crippen LogP contribution < -0.4 is 5.32 Å². The van der Waals surface area contributed by atoms with Gasteiger partial charge in [-0.25, -0.2) is 4.98 Å². The van der Waals surface area contributed by atoms with Crippen LogP contribution in [0.4, 0.5) is 11.5 Å². The fourth-order valence-electron chi connectivity index (χ4n) is 2.45. The minimum Gasteiger partial charge on any atom is -0.507 e. The van der Waals surface area contributed by atoms with Gasteiger partial charge in [0.15, 0.2) is 0 Å². The van der Waals surface area contributed by atoms with Gasteiger partial charge in [-0.15, -0.1) is 11.3 Å². The molecule has 2 aromatic carbocycles. The number of halogens is 1. The average molecular weight is 328 g/mol. The summed E-state index contributed by atoms with van der Waals surface area (Å²) in [6.45, 7) is 0. The van der Waals surface area contributed by atoms with Gasteiger partial charge in [-0.05, 0) is 35.2 Å². The molecule has 0 aliphatic heterocycles. The number of phenols is 1. The first kappa shape index (κ1) is 13.3. The van der Waals surface area contributed by atoms with E-state index in [0.717, 1.165) is 26.7 Å². The highest BCUT2D eigenvalue weighted by atomic mass is 35.5. The van der Waals surface area contributed by atoms with Crippen LogP contribution in [0.5, 0.6) is 5.75 Å². The summed E-state index contributed by atoms with van der Waals surface area (Å²) in [5, 5.41) is 18.1. The fourth-order valence-corrected chi connectivity index (χ4v) is 3.44. The number of rotatable bonds is 2. The van der Waals surface area contributed by atoms with Crippen LogP contribution in [0.2, 0.25) is 5.28 Å². The van der Waals surface area contributed by atoms with Gasteiger partial charge in [0.25, 0.3) is 0 Å². The van der Waals surface area contributed by atoms with Crippen molar-refractivity contribution >= 4 is 55.4 Å². The Morgan fingerprint density at radius 2 is 1.77 bits per heavy atom. The maximum absolute atomic E-state index is 9.97. The van der Waals surface area contributed by atoms with Crippen LogP contribution in [-0.4, -0.2) is 15.1 Å². The Hall–Kier alpha value is -2.37. The van der Waals surface area contributed by atoms with Crippen LogP contribution in [0.3, 0.4) is 0 Å². The van der Waals surface area contributed by atoms with E-state index in [-0.39, 0.29) is 11.0 Å². The molecule has 0 atom stereocenters. The van der Waals surface area contributed by atoms with Gasteiger partial charge in [-0.1, -0.05) is 24.3 Å². The molecule has 0 aliphatic rings. The molecule has 0 bridgehead atoms. The summed E-state index contributed by atoms with van der Waals surface area (Å²) in [6.07, 6.45) is 0. The molecule has 6 heteroatoms. The second-order valence-electron chi connectivity index (χ2n) is 4.78. The summed E-state index contributed by atoms with van der Waals surface area (Å²) in [5.74, 6) is 0.912. The lowest BCUT2D eigenvalue weighted by Gasteiger charge is -2.11. The maximum atomic E-state index is 9.97. The Morgan fingerprint density at radius 3 is 2.68 bits per heavy atom. The molecule has 4 aromatic rings. The number of aromatic hydroxyl groups is 1. The Labute approximate surface area is 135 Å². The molecule has 2 aromatic heterocycles. The minimum absolute atomic E-state index is 0.209. The summed E-state index contributed by atoms with van der Waals surface area (Å²) in [6, 6.07) is 13.1. The highest BCUT2D eigenvalue weighted by molar-refractivity contribution is 7.16. The number of fused-ring (bicyclic) bond motifs is 2. The van der Waals surface area contributed by atoms with Crippen LogP contribution in [0, 0.1) is 0 Å². The third-order valence-electron chi connectivity index (χ3n) is 3.45. The number of hydrogen-bond donors (Lipinski definition) is 2. The molecular weight excluding hydrogens is 318 g/mol. The monoisotopic (exact) mass is 327 g/mol. The van der Waals surface area contributed by atoms with Crippen molar-refractivity contribution < 1.29 is 5.11 Å². The van der Waals surface area contributed by atoms with Gasteiger partial charge in [0, 0.05) is 16.5 Å². The van der Waals surface area contributed by atoms with Crippen molar-refractivity contribution in [2.45, 2.75) is 0 Å². The van der Waals surface area contributed by atoms with Crippen molar-refractivity contribution in [2.75, 3.05) is 5.32 Å². The predicted octanol–water partition coefficient (Wildman–Crippen LogP) is 4.95. The molecule has 0 amide bonds. The lowest BCUT2D eigenvalue weighted by Crippen LogP contribution is -1.96. The molecule has 0 saturated heterocycles. The number of phenolic OH excluding ortho intramolecular Hbond substituents is 1. The van der Waals surface area contributed by atoms with Gasteiger partial charge in [0.1, 0.15) is 16.4 Å². The lowest BCUT2D eigenvalue weighted by molar-refractivity contribution is 0.481. The molecule has 4 nitrogen and oxygen atoms in total.